The van der Waals surface area contributed by atoms with Crippen LogP contribution < -0.4 is 0 Å². The normalized spacial score (nSPS) is 23.3. The number of carboxylic acid groups (broad SMARTS) is 1. The van der Waals surface area contributed by atoms with Crippen LogP contribution in [0.15, 0.2) is 36.4 Å². The van der Waals surface area contributed by atoms with Gasteiger partial charge in [-0.25, -0.2) is 0 Å². The maximum atomic E-state index is 10.6. The number of unbranched alkanes of at least 4 members (excludes halogenated alkanes) is 3. The fourth-order valence-electron chi connectivity index (χ4n) is 4.23. The van der Waals surface area contributed by atoms with Crippen molar-refractivity contribution in [2.24, 2.45) is 5.92 Å². The maximum absolute atomic E-state index is 10.6. The molecule has 4 heteroatoms. The quantitative estimate of drug-likeness (QED) is 0.233. The van der Waals surface area contributed by atoms with Gasteiger partial charge in [0.2, 0.25) is 0 Å². The van der Waals surface area contributed by atoms with Crippen LogP contribution in [0.4, 0.5) is 0 Å². The Morgan fingerprint density at radius 2 is 1.93 bits per heavy atom. The third-order valence-corrected chi connectivity index (χ3v) is 6.35. The standard InChI is InChI=1S/C24H35ClO3/c1-2-3-6-10-22(26)18-12-14-20(15-13-18)24-19(16-17-21(24)25)9-7-4-5-8-11-23(27)28/h4,7,12-15,19,21-22,24,26H,2-3,5-6,8-11,16-17H2,1H3,(H,27,28)/t19-,21+,22?,24-/m0/s1. The van der Waals surface area contributed by atoms with Crippen molar-refractivity contribution in [3.63, 3.8) is 0 Å². The van der Waals surface area contributed by atoms with E-state index in [0.717, 1.165) is 50.5 Å². The van der Waals surface area contributed by atoms with Crippen LogP contribution in [0.1, 0.15) is 94.3 Å². The number of hydrogen-bond acceptors (Lipinski definition) is 2. The molecule has 1 aliphatic carbocycles. The predicted molar refractivity (Wildman–Crippen MR) is 116 cm³/mol. The molecule has 1 aromatic rings. The lowest BCUT2D eigenvalue weighted by molar-refractivity contribution is -0.137. The molecule has 1 saturated carbocycles. The zero-order valence-electron chi connectivity index (χ0n) is 17.0. The molecule has 0 radical (unpaired) electrons. The average Bonchev–Trinajstić information content (AvgIpc) is 3.05. The minimum Gasteiger partial charge on any atom is -0.481 e. The van der Waals surface area contributed by atoms with Gasteiger partial charge in [-0.2, -0.15) is 0 Å². The van der Waals surface area contributed by atoms with Crippen molar-refractivity contribution in [1.82, 2.24) is 0 Å². The lowest BCUT2D eigenvalue weighted by Crippen LogP contribution is -2.13. The van der Waals surface area contributed by atoms with E-state index >= 15 is 0 Å². The van der Waals surface area contributed by atoms with E-state index < -0.39 is 5.97 Å². The van der Waals surface area contributed by atoms with Crippen LogP contribution in [0.2, 0.25) is 0 Å². The van der Waals surface area contributed by atoms with Gasteiger partial charge in [-0.1, -0.05) is 62.6 Å². The van der Waals surface area contributed by atoms with Gasteiger partial charge in [-0.3, -0.25) is 4.79 Å². The Morgan fingerprint density at radius 3 is 2.61 bits per heavy atom. The number of hydrogen-bond donors (Lipinski definition) is 2. The summed E-state index contributed by atoms with van der Waals surface area (Å²) in [4.78, 5) is 10.6. The highest BCUT2D eigenvalue weighted by Gasteiger charge is 2.35. The van der Waals surface area contributed by atoms with Crippen LogP contribution >= 0.6 is 11.6 Å². The van der Waals surface area contributed by atoms with Crippen LogP contribution in [0.5, 0.6) is 0 Å². The zero-order valence-corrected chi connectivity index (χ0v) is 17.8. The Morgan fingerprint density at radius 1 is 1.18 bits per heavy atom. The molecule has 0 aliphatic heterocycles. The molecule has 0 aromatic heterocycles. The molecule has 156 valence electrons. The molecule has 0 saturated heterocycles. The smallest absolute Gasteiger partial charge is 0.303 e. The topological polar surface area (TPSA) is 57.5 Å². The molecule has 0 spiro atoms. The van der Waals surface area contributed by atoms with Crippen LogP contribution in [0.3, 0.4) is 0 Å². The third-order valence-electron chi connectivity index (χ3n) is 5.86. The molecule has 2 N–H and O–H groups in total. The molecule has 1 unspecified atom stereocenters. The Kier molecular flexibility index (Phi) is 10.1. The number of rotatable bonds is 12. The summed E-state index contributed by atoms with van der Waals surface area (Å²) in [7, 11) is 0. The number of halogens is 1. The molecule has 28 heavy (non-hydrogen) atoms. The summed E-state index contributed by atoms with van der Waals surface area (Å²) in [5.74, 6) is 0.142. The van der Waals surface area contributed by atoms with E-state index in [1.165, 1.54) is 12.0 Å². The van der Waals surface area contributed by atoms with Gasteiger partial charge >= 0.3 is 5.97 Å². The van der Waals surface area contributed by atoms with Crippen molar-refractivity contribution in [3.8, 4) is 0 Å². The number of aliphatic hydroxyl groups excluding tert-OH is 1. The highest BCUT2D eigenvalue weighted by molar-refractivity contribution is 6.21. The zero-order chi connectivity index (χ0) is 20.4. The number of benzene rings is 1. The van der Waals surface area contributed by atoms with Crippen molar-refractivity contribution in [3.05, 3.63) is 47.5 Å². The fraction of sp³-hybridized carbons (Fsp3) is 0.625. The number of aliphatic carboxylic acids is 1. The van der Waals surface area contributed by atoms with Gasteiger partial charge in [0.1, 0.15) is 0 Å². The Labute approximate surface area is 174 Å². The van der Waals surface area contributed by atoms with E-state index in [4.69, 9.17) is 16.7 Å². The van der Waals surface area contributed by atoms with Gasteiger partial charge in [0.25, 0.3) is 0 Å². The third kappa shape index (κ3) is 7.25. The largest absolute Gasteiger partial charge is 0.481 e. The van der Waals surface area contributed by atoms with Gasteiger partial charge in [-0.05, 0) is 55.6 Å². The minimum absolute atomic E-state index is 0.158. The first-order valence-electron chi connectivity index (χ1n) is 10.8. The van der Waals surface area contributed by atoms with Crippen molar-refractivity contribution in [2.75, 3.05) is 0 Å². The van der Waals surface area contributed by atoms with Crippen LogP contribution in [0, 0.1) is 5.92 Å². The first-order chi connectivity index (χ1) is 13.5. The monoisotopic (exact) mass is 406 g/mol. The number of allylic oxidation sites excluding steroid dienone is 2. The van der Waals surface area contributed by atoms with Gasteiger partial charge in [0.05, 0.1) is 6.10 Å². The summed E-state index contributed by atoms with van der Waals surface area (Å²) in [6.45, 7) is 2.17. The molecular formula is C24H35ClO3. The summed E-state index contributed by atoms with van der Waals surface area (Å²) in [5.41, 5.74) is 2.27. The van der Waals surface area contributed by atoms with E-state index in [2.05, 4.69) is 43.3 Å². The fourth-order valence-corrected chi connectivity index (χ4v) is 4.71. The summed E-state index contributed by atoms with van der Waals surface area (Å²) < 4.78 is 0. The minimum atomic E-state index is -0.729. The summed E-state index contributed by atoms with van der Waals surface area (Å²) >= 11 is 6.65. The molecule has 4 atom stereocenters. The molecular weight excluding hydrogens is 372 g/mol. The van der Waals surface area contributed by atoms with E-state index in [1.807, 2.05) is 0 Å². The molecule has 3 nitrogen and oxygen atoms in total. The van der Waals surface area contributed by atoms with E-state index in [9.17, 15) is 9.90 Å². The van der Waals surface area contributed by atoms with Gasteiger partial charge < -0.3 is 10.2 Å². The molecule has 1 fully saturated rings. The summed E-state index contributed by atoms with van der Waals surface area (Å²) in [6.07, 6.45) is 13.0. The first kappa shape index (κ1) is 23.0. The van der Waals surface area contributed by atoms with Crippen molar-refractivity contribution in [2.45, 2.75) is 88.5 Å². The van der Waals surface area contributed by atoms with Crippen molar-refractivity contribution < 1.29 is 15.0 Å². The number of carboxylic acids is 1. The second-order valence-corrected chi connectivity index (χ2v) is 8.61. The van der Waals surface area contributed by atoms with Crippen molar-refractivity contribution >= 4 is 17.6 Å². The highest BCUT2D eigenvalue weighted by atomic mass is 35.5. The highest BCUT2D eigenvalue weighted by Crippen LogP contribution is 2.45. The van der Waals surface area contributed by atoms with Crippen LogP contribution in [-0.4, -0.2) is 21.6 Å². The van der Waals surface area contributed by atoms with Crippen LogP contribution in [0.25, 0.3) is 0 Å². The Hall–Kier alpha value is -1.32. The second-order valence-electron chi connectivity index (χ2n) is 8.05. The first-order valence-corrected chi connectivity index (χ1v) is 11.2. The molecule has 1 aromatic carbocycles. The van der Waals surface area contributed by atoms with Gasteiger partial charge in [0, 0.05) is 17.7 Å². The molecule has 2 rings (SSSR count). The van der Waals surface area contributed by atoms with Gasteiger partial charge in [0.15, 0.2) is 0 Å². The Bertz CT molecular complexity index is 611. The summed E-state index contributed by atoms with van der Waals surface area (Å²) in [5, 5.41) is 19.2. The van der Waals surface area contributed by atoms with E-state index in [1.54, 1.807) is 0 Å². The molecule has 1 aliphatic rings. The number of carbonyl (C=O) groups is 1. The number of aliphatic hydroxyl groups is 1. The maximum Gasteiger partial charge on any atom is 0.303 e. The van der Waals surface area contributed by atoms with E-state index in [0.29, 0.717) is 18.3 Å². The van der Waals surface area contributed by atoms with E-state index in [-0.39, 0.29) is 17.9 Å². The number of alkyl halides is 1. The second kappa shape index (κ2) is 12.3. The molecule has 0 heterocycles. The Balaban J connectivity index is 1.90. The van der Waals surface area contributed by atoms with Crippen molar-refractivity contribution in [1.29, 1.82) is 0 Å². The average molecular weight is 407 g/mol. The van der Waals surface area contributed by atoms with Gasteiger partial charge in [-0.15, -0.1) is 11.6 Å². The molecule has 0 bridgehead atoms. The van der Waals surface area contributed by atoms with Crippen LogP contribution in [-0.2, 0) is 4.79 Å². The molecule has 0 amide bonds. The SMILES string of the molecule is CCCCCC(O)c1ccc([C@@H]2[C@@H](CC=CCCCC(=O)O)CC[C@H]2Cl)cc1. The predicted octanol–water partition coefficient (Wildman–Crippen LogP) is 6.60. The lowest BCUT2D eigenvalue weighted by atomic mass is 9.85. The summed E-state index contributed by atoms with van der Waals surface area (Å²) in [6, 6.07) is 8.42. The lowest BCUT2D eigenvalue weighted by Gasteiger charge is -2.22.